The summed E-state index contributed by atoms with van der Waals surface area (Å²) >= 11 is 1.14. The van der Waals surface area contributed by atoms with Crippen molar-refractivity contribution in [3.63, 3.8) is 0 Å². The van der Waals surface area contributed by atoms with E-state index in [2.05, 4.69) is 4.99 Å². The first-order chi connectivity index (χ1) is 15.6. The molecule has 3 amide bonds. The molecule has 1 fully saturated rings. The number of hydrogen-bond donors (Lipinski definition) is 0. The van der Waals surface area contributed by atoms with Gasteiger partial charge in [0.1, 0.15) is 0 Å². The molecule has 0 N–H and O–H groups in total. The first-order valence-corrected chi connectivity index (χ1v) is 10.8. The number of rotatable bonds is 2. The number of amidine groups is 1. The summed E-state index contributed by atoms with van der Waals surface area (Å²) in [7, 11) is 0. The van der Waals surface area contributed by atoms with Crippen LogP contribution >= 0.6 is 11.8 Å². The third-order valence-electron chi connectivity index (χ3n) is 5.15. The number of carbonyl (C=O) groups is 3. The van der Waals surface area contributed by atoms with E-state index in [0.717, 1.165) is 16.7 Å². The maximum Gasteiger partial charge on any atom is 0.272 e. The fourth-order valence-electron chi connectivity index (χ4n) is 3.77. The van der Waals surface area contributed by atoms with Crippen molar-refractivity contribution >= 4 is 57.3 Å². The van der Waals surface area contributed by atoms with E-state index in [1.165, 1.54) is 11.8 Å². The van der Waals surface area contributed by atoms with E-state index in [1.807, 2.05) is 60.7 Å². The molecule has 156 valence electrons. The lowest BCUT2D eigenvalue weighted by atomic mass is 10.1. The van der Waals surface area contributed by atoms with Gasteiger partial charge >= 0.3 is 0 Å². The van der Waals surface area contributed by atoms with Crippen molar-refractivity contribution in [3.8, 4) is 0 Å². The predicted octanol–water partition coefficient (Wildman–Crippen LogP) is 4.76. The van der Waals surface area contributed by atoms with E-state index < -0.39 is 11.8 Å². The number of anilines is 2. The van der Waals surface area contributed by atoms with Crippen molar-refractivity contribution in [3.05, 3.63) is 95.4 Å². The van der Waals surface area contributed by atoms with E-state index >= 15 is 0 Å². The monoisotopic (exact) mass is 439 g/mol. The molecule has 0 aliphatic carbocycles. The third kappa shape index (κ3) is 3.23. The summed E-state index contributed by atoms with van der Waals surface area (Å²) in [4.78, 5) is 46.7. The number of para-hydroxylation sites is 3. The largest absolute Gasteiger partial charge is 0.274 e. The average Bonchev–Trinajstić information content (AvgIpc) is 3.27. The second-order valence-electron chi connectivity index (χ2n) is 7.19. The molecule has 0 atom stereocenters. The molecule has 5 rings (SSSR count). The zero-order chi connectivity index (χ0) is 22.2. The summed E-state index contributed by atoms with van der Waals surface area (Å²) in [6.07, 6.45) is 0. The molecule has 0 spiro atoms. The first-order valence-electron chi connectivity index (χ1n) is 9.96. The summed E-state index contributed by atoms with van der Waals surface area (Å²) in [5.41, 5.74) is 2.62. The Balaban J connectivity index is 1.70. The molecule has 6 nitrogen and oxygen atoms in total. The van der Waals surface area contributed by atoms with E-state index in [9.17, 15) is 14.4 Å². The molecule has 1 saturated heterocycles. The number of nitrogens with zero attached hydrogens (tertiary/aromatic N) is 3. The van der Waals surface area contributed by atoms with Gasteiger partial charge in [-0.3, -0.25) is 19.3 Å². The number of fused-ring (bicyclic) bond motifs is 1. The number of carbonyl (C=O) groups excluding carboxylic acids is 3. The van der Waals surface area contributed by atoms with Crippen LogP contribution in [0.2, 0.25) is 0 Å². The normalized spacial score (nSPS) is 19.1. The molecular formula is C25H17N3O3S. The van der Waals surface area contributed by atoms with Gasteiger partial charge in [0, 0.05) is 12.5 Å². The molecule has 0 bridgehead atoms. The van der Waals surface area contributed by atoms with Gasteiger partial charge in [0.2, 0.25) is 5.91 Å². The Morgan fingerprint density at radius 2 is 1.44 bits per heavy atom. The second-order valence-corrected chi connectivity index (χ2v) is 8.17. The van der Waals surface area contributed by atoms with Gasteiger partial charge in [-0.25, -0.2) is 9.89 Å². The fourth-order valence-corrected chi connectivity index (χ4v) is 4.86. The van der Waals surface area contributed by atoms with Crippen LogP contribution < -0.4 is 9.80 Å². The van der Waals surface area contributed by atoms with E-state index in [0.29, 0.717) is 27.8 Å². The fraction of sp³-hybridized carbons (Fsp3) is 0.0400. The van der Waals surface area contributed by atoms with Crippen LogP contribution in [0, 0.1) is 0 Å². The van der Waals surface area contributed by atoms with Crippen LogP contribution in [0.5, 0.6) is 0 Å². The van der Waals surface area contributed by atoms with Gasteiger partial charge in [0.15, 0.2) is 5.17 Å². The summed E-state index contributed by atoms with van der Waals surface area (Å²) in [6, 6.07) is 25.5. The Hall–Kier alpha value is -3.97. The van der Waals surface area contributed by atoms with E-state index in [4.69, 9.17) is 0 Å². The number of aliphatic imine (C=N–C) groups is 1. The Bertz CT molecular complexity index is 1320. The minimum Gasteiger partial charge on any atom is -0.274 e. The van der Waals surface area contributed by atoms with Crippen LogP contribution in [-0.2, 0) is 14.4 Å². The van der Waals surface area contributed by atoms with Crippen molar-refractivity contribution < 1.29 is 14.4 Å². The highest BCUT2D eigenvalue weighted by molar-refractivity contribution is 8.19. The minimum absolute atomic E-state index is 0.227. The van der Waals surface area contributed by atoms with Crippen LogP contribution in [0.3, 0.4) is 0 Å². The lowest BCUT2D eigenvalue weighted by Gasteiger charge is -2.15. The number of thioether (sulfide) groups is 1. The number of imide groups is 1. The maximum atomic E-state index is 13.6. The van der Waals surface area contributed by atoms with Crippen LogP contribution in [0.1, 0.15) is 12.5 Å². The molecule has 0 aromatic heterocycles. The highest BCUT2D eigenvalue weighted by Gasteiger charge is 2.44. The number of benzene rings is 3. The van der Waals surface area contributed by atoms with Crippen LogP contribution in [0.15, 0.2) is 94.8 Å². The van der Waals surface area contributed by atoms with E-state index in [-0.39, 0.29) is 16.4 Å². The van der Waals surface area contributed by atoms with Gasteiger partial charge in [0.05, 0.1) is 27.5 Å². The molecule has 3 aromatic rings. The Morgan fingerprint density at radius 1 is 0.812 bits per heavy atom. The molecule has 0 saturated carbocycles. The van der Waals surface area contributed by atoms with Crippen LogP contribution in [0.4, 0.5) is 17.1 Å². The molecule has 2 heterocycles. The Morgan fingerprint density at radius 3 is 2.12 bits per heavy atom. The zero-order valence-electron chi connectivity index (χ0n) is 17.1. The highest BCUT2D eigenvalue weighted by Crippen LogP contribution is 2.45. The molecule has 32 heavy (non-hydrogen) atoms. The highest BCUT2D eigenvalue weighted by atomic mass is 32.2. The second kappa shape index (κ2) is 7.94. The topological polar surface area (TPSA) is 70.1 Å². The molecule has 0 unspecified atom stereocenters. The Kier molecular flexibility index (Phi) is 4.95. The lowest BCUT2D eigenvalue weighted by Crippen LogP contribution is -2.32. The smallest absolute Gasteiger partial charge is 0.272 e. The summed E-state index contributed by atoms with van der Waals surface area (Å²) < 4.78 is 0. The van der Waals surface area contributed by atoms with Crippen molar-refractivity contribution in [2.45, 2.75) is 6.92 Å². The quantitative estimate of drug-likeness (QED) is 0.540. The summed E-state index contributed by atoms with van der Waals surface area (Å²) in [5, 5.41) is 0.446. The van der Waals surface area contributed by atoms with Crippen LogP contribution in [0.25, 0.3) is 5.57 Å². The summed E-state index contributed by atoms with van der Waals surface area (Å²) in [6.45, 7) is 1.34. The van der Waals surface area contributed by atoms with Crippen molar-refractivity contribution in [2.75, 3.05) is 9.80 Å². The third-order valence-corrected chi connectivity index (χ3v) is 6.19. The lowest BCUT2D eigenvalue weighted by molar-refractivity contribution is -0.122. The molecule has 2 aliphatic heterocycles. The van der Waals surface area contributed by atoms with Gasteiger partial charge in [-0.15, -0.1) is 0 Å². The first kappa shape index (κ1) is 20.0. The van der Waals surface area contributed by atoms with Gasteiger partial charge in [-0.05, 0) is 42.1 Å². The Labute approximate surface area is 188 Å². The molecule has 7 heteroatoms. The van der Waals surface area contributed by atoms with Gasteiger partial charge in [0.25, 0.3) is 11.8 Å². The predicted molar refractivity (Wildman–Crippen MR) is 127 cm³/mol. The van der Waals surface area contributed by atoms with Crippen LogP contribution in [-0.4, -0.2) is 22.9 Å². The van der Waals surface area contributed by atoms with E-state index in [1.54, 1.807) is 24.3 Å². The van der Waals surface area contributed by atoms with Crippen molar-refractivity contribution in [1.29, 1.82) is 0 Å². The zero-order valence-corrected chi connectivity index (χ0v) is 17.9. The summed E-state index contributed by atoms with van der Waals surface area (Å²) in [5.74, 6) is -1.24. The maximum absolute atomic E-state index is 13.6. The van der Waals surface area contributed by atoms with Crippen molar-refractivity contribution in [1.82, 2.24) is 0 Å². The number of amides is 3. The molecule has 2 aliphatic rings. The molecule has 0 radical (unpaired) electrons. The average molecular weight is 439 g/mol. The van der Waals surface area contributed by atoms with Gasteiger partial charge < -0.3 is 0 Å². The van der Waals surface area contributed by atoms with Gasteiger partial charge in [-0.2, -0.15) is 0 Å². The minimum atomic E-state index is -0.497. The number of hydrogen-bond acceptors (Lipinski definition) is 5. The molecular weight excluding hydrogens is 422 g/mol. The standard InChI is InChI=1S/C25H17N3O3S/c1-16(29)27-20-15-9-8-14-19(20)21(23(27)30)22-24(31)28(18-12-6-3-7-13-18)25(32-22)26-17-10-4-2-5-11-17/h2-15H,1H3. The van der Waals surface area contributed by atoms with Crippen molar-refractivity contribution in [2.24, 2.45) is 4.99 Å². The molecule has 3 aromatic carbocycles. The SMILES string of the molecule is CC(=O)N1C(=O)C(=C2SC(=Nc3ccccc3)N(c3ccccc3)C2=O)c2ccccc21. The van der Waals surface area contributed by atoms with Gasteiger partial charge in [-0.1, -0.05) is 54.6 Å².